The van der Waals surface area contributed by atoms with Crippen molar-refractivity contribution in [3.63, 3.8) is 0 Å². The summed E-state index contributed by atoms with van der Waals surface area (Å²) in [5.41, 5.74) is 0. The monoisotopic (exact) mass is 366 g/mol. The minimum absolute atomic E-state index is 0.507. The number of allylic oxidation sites excluding steroid dienone is 1. The topological polar surface area (TPSA) is 0 Å². The maximum atomic E-state index is 11.8. The van der Waals surface area contributed by atoms with Crippen molar-refractivity contribution >= 4 is 45.2 Å². The lowest BCUT2D eigenvalue weighted by Gasteiger charge is -2.02. The second-order valence-corrected chi connectivity index (χ2v) is 3.37. The Balaban J connectivity index is 4.40. The molecule has 0 saturated heterocycles. The van der Waals surface area contributed by atoms with Crippen LogP contribution in [0, 0.1) is 0 Å². The van der Waals surface area contributed by atoms with Crippen LogP contribution in [0.15, 0.2) is 9.66 Å². The summed E-state index contributed by atoms with van der Waals surface area (Å²) < 4.78 is 41.5. The highest BCUT2D eigenvalue weighted by Gasteiger charge is 2.33. The first-order chi connectivity index (χ1) is 3.85. The molecule has 0 saturated carbocycles. The zero-order valence-corrected chi connectivity index (χ0v) is 8.08. The Morgan fingerprint density at radius 3 is 1.56 bits per heavy atom. The largest absolute Gasteiger partial charge is 0.350 e. The molecule has 0 aliphatic carbocycles. The van der Waals surface area contributed by atoms with Crippen LogP contribution < -0.4 is 0 Å². The Kier molecular flexibility index (Phi) is 3.69. The lowest BCUT2D eigenvalue weighted by Crippen LogP contribution is -2.04. The molecule has 6 heteroatoms. The van der Waals surface area contributed by atoms with Gasteiger partial charge in [-0.2, -0.15) is 13.2 Å². The van der Waals surface area contributed by atoms with Crippen molar-refractivity contribution in [2.24, 2.45) is 0 Å². The Hall–Kier alpha value is 0.920. The average Bonchev–Trinajstić information content (AvgIpc) is 1.62. The fourth-order valence-corrected chi connectivity index (χ4v) is 1.20. The fraction of sp³-hybridized carbons (Fsp3) is 0.333. The quantitative estimate of drug-likeness (QED) is 0.379. The Bertz CT molecular complexity index is 131. The average molecular weight is 366 g/mol. The van der Waals surface area contributed by atoms with Gasteiger partial charge in [-0.3, -0.25) is 0 Å². The van der Waals surface area contributed by atoms with E-state index >= 15 is 0 Å². The standard InChI is InChI=1S/C3F4I2/c4-1(2(5)8)3(6,7)9. The molecule has 9 heavy (non-hydrogen) atoms. The zero-order chi connectivity index (χ0) is 7.65. The van der Waals surface area contributed by atoms with E-state index < -0.39 is 13.6 Å². The molecule has 0 radical (unpaired) electrons. The van der Waals surface area contributed by atoms with Gasteiger partial charge in [0.2, 0.25) is 5.83 Å². The van der Waals surface area contributed by atoms with Crippen molar-refractivity contribution in [3.05, 3.63) is 9.66 Å². The molecule has 0 atom stereocenters. The van der Waals surface area contributed by atoms with Crippen LogP contribution in [-0.4, -0.2) is 3.93 Å². The Morgan fingerprint density at radius 1 is 1.22 bits per heavy atom. The van der Waals surface area contributed by atoms with Crippen molar-refractivity contribution in [1.82, 2.24) is 0 Å². The molecule has 0 fully saturated rings. The highest BCUT2D eigenvalue weighted by Crippen LogP contribution is 2.36. The normalized spacial score (nSPS) is 15.3. The predicted molar refractivity (Wildman–Crippen MR) is 42.2 cm³/mol. The first kappa shape index (κ1) is 9.92. The molecule has 0 spiro atoms. The van der Waals surface area contributed by atoms with Crippen molar-refractivity contribution in [1.29, 1.82) is 0 Å². The van der Waals surface area contributed by atoms with Crippen molar-refractivity contribution in [3.8, 4) is 0 Å². The van der Waals surface area contributed by atoms with Gasteiger partial charge in [0.15, 0.2) is 3.83 Å². The smallest absolute Gasteiger partial charge is 0.200 e. The van der Waals surface area contributed by atoms with Crippen LogP contribution in [0.4, 0.5) is 17.6 Å². The summed E-state index contributed by atoms with van der Waals surface area (Å²) in [4.78, 5) is 0. The summed E-state index contributed by atoms with van der Waals surface area (Å²) in [6.07, 6.45) is 0. The van der Waals surface area contributed by atoms with Gasteiger partial charge in [0, 0.05) is 22.6 Å². The van der Waals surface area contributed by atoms with Gasteiger partial charge in [-0.15, -0.1) is 0 Å². The third-order valence-electron chi connectivity index (χ3n) is 0.415. The van der Waals surface area contributed by atoms with Crippen molar-refractivity contribution in [2.75, 3.05) is 0 Å². The summed E-state index contributed by atoms with van der Waals surface area (Å²) in [5, 5.41) is 0. The molecule has 0 rings (SSSR count). The molecule has 0 N–H and O–H groups in total. The van der Waals surface area contributed by atoms with Crippen LogP contribution in [0.1, 0.15) is 0 Å². The SMILES string of the molecule is FC(I)=C(F)C(F)(F)I. The number of hydrogen-bond acceptors (Lipinski definition) is 0. The highest BCUT2D eigenvalue weighted by molar-refractivity contribution is 14.1. The summed E-state index contributed by atoms with van der Waals surface area (Å²) in [6, 6.07) is 0. The molecule has 0 aromatic rings. The predicted octanol–water partition coefficient (Wildman–Crippen LogP) is 3.56. The molecule has 0 aromatic heterocycles. The van der Waals surface area contributed by atoms with Crippen LogP contribution in [0.5, 0.6) is 0 Å². The minimum atomic E-state index is -3.72. The lowest BCUT2D eigenvalue weighted by molar-refractivity contribution is 0.136. The van der Waals surface area contributed by atoms with Crippen LogP contribution in [0.3, 0.4) is 0 Å². The Morgan fingerprint density at radius 2 is 1.56 bits per heavy atom. The van der Waals surface area contributed by atoms with E-state index in [0.29, 0.717) is 22.6 Å². The van der Waals surface area contributed by atoms with E-state index in [2.05, 4.69) is 0 Å². The summed E-state index contributed by atoms with van der Waals surface area (Å²) in [5.74, 6) is -2.02. The number of alkyl halides is 3. The van der Waals surface area contributed by atoms with Gasteiger partial charge < -0.3 is 0 Å². The molecule has 54 valence electrons. The van der Waals surface area contributed by atoms with Gasteiger partial charge >= 0.3 is 3.93 Å². The van der Waals surface area contributed by atoms with E-state index in [1.165, 1.54) is 0 Å². The zero-order valence-electron chi connectivity index (χ0n) is 3.77. The van der Waals surface area contributed by atoms with Crippen molar-refractivity contribution < 1.29 is 17.6 Å². The minimum Gasteiger partial charge on any atom is -0.200 e. The number of hydrogen-bond donors (Lipinski definition) is 0. The first-order valence-electron chi connectivity index (χ1n) is 1.63. The van der Waals surface area contributed by atoms with E-state index in [4.69, 9.17) is 0 Å². The number of halogens is 6. The second-order valence-electron chi connectivity index (χ2n) is 1.07. The third kappa shape index (κ3) is 3.58. The molecule has 0 bridgehead atoms. The maximum absolute atomic E-state index is 11.8. The van der Waals surface area contributed by atoms with Crippen LogP contribution in [-0.2, 0) is 0 Å². The van der Waals surface area contributed by atoms with Crippen LogP contribution in [0.25, 0.3) is 0 Å². The number of rotatable bonds is 1. The molecule has 0 nitrogen and oxygen atoms in total. The second kappa shape index (κ2) is 3.35. The molecule has 0 amide bonds. The van der Waals surface area contributed by atoms with Gasteiger partial charge in [-0.1, -0.05) is 0 Å². The summed E-state index contributed by atoms with van der Waals surface area (Å²) in [6.45, 7) is 0. The van der Waals surface area contributed by atoms with E-state index in [1.807, 2.05) is 0 Å². The molecule has 0 unspecified atom stereocenters. The molecule has 0 aliphatic rings. The highest BCUT2D eigenvalue weighted by atomic mass is 127. The van der Waals surface area contributed by atoms with Gasteiger partial charge in [0.25, 0.3) is 0 Å². The maximum Gasteiger partial charge on any atom is 0.350 e. The van der Waals surface area contributed by atoms with Crippen LogP contribution in [0.2, 0.25) is 0 Å². The van der Waals surface area contributed by atoms with E-state index in [0.717, 1.165) is 22.6 Å². The van der Waals surface area contributed by atoms with E-state index in [9.17, 15) is 17.6 Å². The summed E-state index contributed by atoms with van der Waals surface area (Å²) >= 11 is 1.35. The molecule has 0 aliphatic heterocycles. The molecule has 0 aromatic carbocycles. The Labute approximate surface area is 76.0 Å². The molecular weight excluding hydrogens is 366 g/mol. The van der Waals surface area contributed by atoms with Gasteiger partial charge in [-0.05, 0) is 22.6 Å². The van der Waals surface area contributed by atoms with E-state index in [1.54, 1.807) is 0 Å². The fourth-order valence-electron chi connectivity index (χ4n) is 0.107. The van der Waals surface area contributed by atoms with E-state index in [-0.39, 0.29) is 0 Å². The van der Waals surface area contributed by atoms with Gasteiger partial charge in [0.05, 0.1) is 0 Å². The van der Waals surface area contributed by atoms with Crippen LogP contribution >= 0.6 is 45.2 Å². The lowest BCUT2D eigenvalue weighted by atomic mass is 10.6. The van der Waals surface area contributed by atoms with Crippen molar-refractivity contribution in [2.45, 2.75) is 3.93 Å². The summed E-state index contributed by atoms with van der Waals surface area (Å²) in [7, 11) is 0. The first-order valence-corrected chi connectivity index (χ1v) is 3.79. The third-order valence-corrected chi connectivity index (χ3v) is 1.36. The molecule has 0 heterocycles. The van der Waals surface area contributed by atoms with Gasteiger partial charge in [0.1, 0.15) is 0 Å². The van der Waals surface area contributed by atoms with Gasteiger partial charge in [-0.25, -0.2) is 4.39 Å². The molecular formula is C3F4I2.